The number of H-pyrrole nitrogens is 1. The van der Waals surface area contributed by atoms with Crippen LogP contribution in [0.4, 0.5) is 10.2 Å². The number of nitrogens with one attached hydrogen (secondary N) is 2. The first-order valence-corrected chi connectivity index (χ1v) is 8.35. The summed E-state index contributed by atoms with van der Waals surface area (Å²) < 4.78 is 13.5. The number of rotatable bonds is 4. The zero-order valence-corrected chi connectivity index (χ0v) is 14.1. The Morgan fingerprint density at radius 3 is 2.80 bits per heavy atom. The fourth-order valence-corrected chi connectivity index (χ4v) is 2.98. The van der Waals surface area contributed by atoms with Crippen molar-refractivity contribution in [2.24, 2.45) is 5.92 Å². The Labute approximate surface area is 145 Å². The SMILES string of the molecule is Cc1ccc(CNC(=O)C2CCN(c3cc(=O)[nH]cn3)CC2)cc1F. The van der Waals surface area contributed by atoms with E-state index in [4.69, 9.17) is 0 Å². The summed E-state index contributed by atoms with van der Waals surface area (Å²) in [7, 11) is 0. The molecule has 1 saturated heterocycles. The average molecular weight is 344 g/mol. The summed E-state index contributed by atoms with van der Waals surface area (Å²) >= 11 is 0. The minimum Gasteiger partial charge on any atom is -0.356 e. The molecule has 1 fully saturated rings. The predicted molar refractivity (Wildman–Crippen MR) is 92.8 cm³/mol. The summed E-state index contributed by atoms with van der Waals surface area (Å²) in [5.41, 5.74) is 1.16. The van der Waals surface area contributed by atoms with E-state index in [2.05, 4.69) is 15.3 Å². The molecule has 0 spiro atoms. The van der Waals surface area contributed by atoms with Gasteiger partial charge < -0.3 is 15.2 Å². The molecule has 0 aliphatic carbocycles. The van der Waals surface area contributed by atoms with Crippen molar-refractivity contribution in [1.82, 2.24) is 15.3 Å². The Balaban J connectivity index is 1.51. The van der Waals surface area contributed by atoms with Crippen molar-refractivity contribution in [3.63, 3.8) is 0 Å². The zero-order chi connectivity index (χ0) is 17.8. The Morgan fingerprint density at radius 2 is 2.12 bits per heavy atom. The minimum absolute atomic E-state index is 0.0144. The molecule has 2 heterocycles. The second kappa shape index (κ2) is 7.46. The van der Waals surface area contributed by atoms with Crippen LogP contribution in [0.2, 0.25) is 0 Å². The van der Waals surface area contributed by atoms with Gasteiger partial charge in [-0.3, -0.25) is 9.59 Å². The highest BCUT2D eigenvalue weighted by Crippen LogP contribution is 2.21. The van der Waals surface area contributed by atoms with Crippen LogP contribution in [0.1, 0.15) is 24.0 Å². The van der Waals surface area contributed by atoms with E-state index in [0.29, 0.717) is 43.9 Å². The van der Waals surface area contributed by atoms with Crippen molar-refractivity contribution in [3.8, 4) is 0 Å². The highest BCUT2D eigenvalue weighted by Gasteiger charge is 2.25. The monoisotopic (exact) mass is 344 g/mol. The van der Waals surface area contributed by atoms with E-state index in [1.807, 2.05) is 11.0 Å². The first-order chi connectivity index (χ1) is 12.0. The van der Waals surface area contributed by atoms with Gasteiger partial charge in [-0.15, -0.1) is 0 Å². The summed E-state index contributed by atoms with van der Waals surface area (Å²) in [6.45, 7) is 3.38. The highest BCUT2D eigenvalue weighted by atomic mass is 19.1. The maximum Gasteiger partial charge on any atom is 0.252 e. The zero-order valence-electron chi connectivity index (χ0n) is 14.1. The number of hydrogen-bond acceptors (Lipinski definition) is 4. The summed E-state index contributed by atoms with van der Waals surface area (Å²) in [5.74, 6) is 0.288. The Morgan fingerprint density at radius 1 is 1.36 bits per heavy atom. The van der Waals surface area contributed by atoms with Crippen molar-refractivity contribution in [2.75, 3.05) is 18.0 Å². The van der Waals surface area contributed by atoms with Crippen molar-refractivity contribution in [2.45, 2.75) is 26.3 Å². The lowest BCUT2D eigenvalue weighted by Crippen LogP contribution is -2.41. The smallest absolute Gasteiger partial charge is 0.252 e. The van der Waals surface area contributed by atoms with Gasteiger partial charge in [-0.05, 0) is 37.0 Å². The topological polar surface area (TPSA) is 78.1 Å². The van der Waals surface area contributed by atoms with E-state index in [1.54, 1.807) is 13.0 Å². The molecule has 0 atom stereocenters. The summed E-state index contributed by atoms with van der Waals surface area (Å²) in [4.78, 5) is 32.3. The molecule has 1 amide bonds. The molecule has 1 aliphatic rings. The quantitative estimate of drug-likeness (QED) is 0.886. The fourth-order valence-electron chi connectivity index (χ4n) is 2.98. The van der Waals surface area contributed by atoms with E-state index < -0.39 is 0 Å². The lowest BCUT2D eigenvalue weighted by Gasteiger charge is -2.31. The number of piperidine rings is 1. The van der Waals surface area contributed by atoms with Crippen LogP contribution in [0.15, 0.2) is 35.4 Å². The molecule has 0 unspecified atom stereocenters. The van der Waals surface area contributed by atoms with Crippen LogP contribution < -0.4 is 15.8 Å². The van der Waals surface area contributed by atoms with Crippen LogP contribution >= 0.6 is 0 Å². The molecule has 25 heavy (non-hydrogen) atoms. The number of aromatic nitrogens is 2. The molecule has 0 saturated carbocycles. The van der Waals surface area contributed by atoms with Crippen LogP contribution in [-0.2, 0) is 11.3 Å². The lowest BCUT2D eigenvalue weighted by atomic mass is 9.96. The van der Waals surface area contributed by atoms with E-state index in [0.717, 1.165) is 5.56 Å². The van der Waals surface area contributed by atoms with Crippen molar-refractivity contribution in [1.29, 1.82) is 0 Å². The Bertz CT molecular complexity index is 813. The highest BCUT2D eigenvalue weighted by molar-refractivity contribution is 5.79. The fraction of sp³-hybridized carbons (Fsp3) is 0.389. The average Bonchev–Trinajstić information content (AvgIpc) is 2.62. The van der Waals surface area contributed by atoms with Gasteiger partial charge in [0.25, 0.3) is 5.56 Å². The first-order valence-electron chi connectivity index (χ1n) is 8.35. The van der Waals surface area contributed by atoms with Gasteiger partial charge in [-0.2, -0.15) is 0 Å². The molecule has 7 heteroatoms. The van der Waals surface area contributed by atoms with E-state index in [1.165, 1.54) is 18.5 Å². The van der Waals surface area contributed by atoms with Crippen LogP contribution in [0.25, 0.3) is 0 Å². The number of aromatic amines is 1. The third kappa shape index (κ3) is 4.23. The van der Waals surface area contributed by atoms with Crippen molar-refractivity contribution in [3.05, 3.63) is 57.9 Å². The van der Waals surface area contributed by atoms with E-state index in [-0.39, 0.29) is 23.2 Å². The molecular formula is C18H21FN4O2. The number of carbonyl (C=O) groups excluding carboxylic acids is 1. The predicted octanol–water partition coefficient (Wildman–Crippen LogP) is 1.75. The number of amides is 1. The lowest BCUT2D eigenvalue weighted by molar-refractivity contribution is -0.125. The number of nitrogens with zero attached hydrogens (tertiary/aromatic N) is 2. The maximum atomic E-state index is 13.5. The normalized spacial score (nSPS) is 15.2. The molecule has 3 rings (SSSR count). The number of aryl methyl sites for hydroxylation is 1. The van der Waals surface area contributed by atoms with Crippen molar-refractivity contribution < 1.29 is 9.18 Å². The molecule has 132 valence electrons. The van der Waals surface area contributed by atoms with Crippen LogP contribution in [0, 0.1) is 18.7 Å². The largest absolute Gasteiger partial charge is 0.356 e. The van der Waals surface area contributed by atoms with Gasteiger partial charge >= 0.3 is 0 Å². The molecule has 1 aliphatic heterocycles. The second-order valence-electron chi connectivity index (χ2n) is 6.33. The molecule has 2 N–H and O–H groups in total. The molecule has 6 nitrogen and oxygen atoms in total. The van der Waals surface area contributed by atoms with Crippen LogP contribution in [-0.4, -0.2) is 29.0 Å². The van der Waals surface area contributed by atoms with Crippen molar-refractivity contribution >= 4 is 11.7 Å². The van der Waals surface area contributed by atoms with Gasteiger partial charge in [0.15, 0.2) is 0 Å². The summed E-state index contributed by atoms with van der Waals surface area (Å²) in [5, 5.41) is 2.88. The Kier molecular flexibility index (Phi) is 5.11. The standard InChI is InChI=1S/C18H21FN4O2/c1-12-2-3-13(8-15(12)19)10-20-18(25)14-4-6-23(7-5-14)16-9-17(24)22-11-21-16/h2-3,8-9,11,14H,4-7,10H2,1H3,(H,20,25)(H,21,22,24). The third-order valence-corrected chi connectivity index (χ3v) is 4.56. The van der Waals surface area contributed by atoms with Gasteiger partial charge in [0.05, 0.1) is 6.33 Å². The number of anilines is 1. The molecule has 1 aromatic carbocycles. The van der Waals surface area contributed by atoms with Gasteiger partial charge in [-0.25, -0.2) is 9.37 Å². The molecule has 2 aromatic rings. The molecule has 1 aromatic heterocycles. The molecule has 0 bridgehead atoms. The second-order valence-corrected chi connectivity index (χ2v) is 6.33. The van der Waals surface area contributed by atoms with Gasteiger partial charge in [0.1, 0.15) is 11.6 Å². The first kappa shape index (κ1) is 17.1. The van der Waals surface area contributed by atoms with E-state index in [9.17, 15) is 14.0 Å². The summed E-state index contributed by atoms with van der Waals surface area (Å²) in [6, 6.07) is 6.45. The number of hydrogen-bond donors (Lipinski definition) is 2. The Hall–Kier alpha value is -2.70. The van der Waals surface area contributed by atoms with Gasteiger partial charge in [0, 0.05) is 31.6 Å². The van der Waals surface area contributed by atoms with Gasteiger partial charge in [-0.1, -0.05) is 12.1 Å². The molecule has 0 radical (unpaired) electrons. The minimum atomic E-state index is -0.259. The summed E-state index contributed by atoms with van der Waals surface area (Å²) in [6.07, 6.45) is 2.78. The molecular weight excluding hydrogens is 323 g/mol. The van der Waals surface area contributed by atoms with E-state index >= 15 is 0 Å². The third-order valence-electron chi connectivity index (χ3n) is 4.56. The van der Waals surface area contributed by atoms with Crippen LogP contribution in [0.3, 0.4) is 0 Å². The number of carbonyl (C=O) groups is 1. The maximum absolute atomic E-state index is 13.5. The number of benzene rings is 1. The van der Waals surface area contributed by atoms with Crippen LogP contribution in [0.5, 0.6) is 0 Å². The van der Waals surface area contributed by atoms with Gasteiger partial charge in [0.2, 0.25) is 5.91 Å². The number of halogens is 1.